The Balaban J connectivity index is 0.000000321. The van der Waals surface area contributed by atoms with Gasteiger partial charge in [0.1, 0.15) is 24.7 Å². The van der Waals surface area contributed by atoms with Crippen molar-refractivity contribution in [3.05, 3.63) is 95.1 Å². The van der Waals surface area contributed by atoms with Crippen LogP contribution in [0.4, 0.5) is 0 Å². The van der Waals surface area contributed by atoms with Gasteiger partial charge in [0.05, 0.1) is 39.6 Å². The fraction of sp³-hybridized carbons (Fsp3) is 0.677. The largest absolute Gasteiger partial charge is 0.492 e. The molecular formula is C62H107N7O8. The Labute approximate surface area is 468 Å². The van der Waals surface area contributed by atoms with Gasteiger partial charge >= 0.3 is 0 Å². The van der Waals surface area contributed by atoms with Crippen LogP contribution < -0.4 is 9.47 Å². The van der Waals surface area contributed by atoms with Crippen molar-refractivity contribution in [3.63, 3.8) is 0 Å². The molecule has 3 aromatic rings. The molecule has 4 aliphatic rings. The molecule has 4 aliphatic heterocycles. The van der Waals surface area contributed by atoms with Crippen molar-refractivity contribution in [3.8, 4) is 11.5 Å². The Morgan fingerprint density at radius 1 is 0.545 bits per heavy atom. The molecule has 0 bridgehead atoms. The predicted octanol–water partition coefficient (Wildman–Crippen LogP) is 8.40. The second-order valence-electron chi connectivity index (χ2n) is 20.5. The number of likely N-dealkylation sites (N-methyl/N-ethyl adjacent to an activating group) is 3. The molecule has 77 heavy (non-hydrogen) atoms. The van der Waals surface area contributed by atoms with Crippen LogP contribution in [0.1, 0.15) is 87.4 Å². The maximum absolute atomic E-state index is 12.1. The summed E-state index contributed by atoms with van der Waals surface area (Å²) in [6.45, 7) is 40.6. The van der Waals surface area contributed by atoms with Crippen molar-refractivity contribution in [1.29, 1.82) is 0 Å². The van der Waals surface area contributed by atoms with Gasteiger partial charge in [-0.2, -0.15) is 0 Å². The molecular weight excluding hydrogens is 971 g/mol. The van der Waals surface area contributed by atoms with E-state index in [4.69, 9.17) is 28.4 Å². The second-order valence-corrected chi connectivity index (χ2v) is 20.5. The Morgan fingerprint density at radius 2 is 0.961 bits per heavy atom. The molecule has 2 amide bonds. The summed E-state index contributed by atoms with van der Waals surface area (Å²) in [6.07, 6.45) is 4.98. The Hall–Kier alpha value is -4.16. The number of benzene rings is 3. The monoisotopic (exact) mass is 1080 g/mol. The van der Waals surface area contributed by atoms with E-state index in [2.05, 4.69) is 83.4 Å². The molecule has 438 valence electrons. The molecule has 0 spiro atoms. The standard InChI is InChI=1S/C14H19NO.C13H19NO2.C13H19NO.C8H18N2O.C7H15NO2.C7H17NO/c1-11-3-5-13(6-4-11)14(16)15-9-7-12(2)8-10-15;1-12-2-4-13(5-3-12)16-11-8-14-6-9-15-10-7-14;1-12-4-6-13(7-5-12)15-11-10-14-8-2-3-9-14;1-5-10(8(2)11)7-6-9(3)4;1-9-5-2-8-3-6-10-7-4-8;1-4-8(5-2)6-7-9-3/h3-6,12H,7-10H2,1-2H3;2-5H,6-11H2,1H3;4-7H,2-3,8-11H2,1H3;5-7H2,1-4H3;2-7H2,1H3;4-7H2,1-3H3. The highest BCUT2D eigenvalue weighted by Gasteiger charge is 2.21. The van der Waals surface area contributed by atoms with E-state index in [1.165, 1.54) is 42.6 Å². The number of aryl methyl sites for hydroxylation is 3. The third-order valence-corrected chi connectivity index (χ3v) is 13.9. The van der Waals surface area contributed by atoms with Crippen molar-refractivity contribution < 1.29 is 38.0 Å². The molecule has 15 heteroatoms. The van der Waals surface area contributed by atoms with E-state index in [-0.39, 0.29) is 11.8 Å². The molecule has 0 N–H and O–H groups in total. The Kier molecular flexibility index (Phi) is 39.1. The Bertz CT molecular complexity index is 1860. The molecule has 3 aromatic carbocycles. The number of carbonyl (C=O) groups excluding carboxylic acids is 2. The first kappa shape index (κ1) is 68.9. The third kappa shape index (κ3) is 33.8. The molecule has 7 rings (SSSR count). The average Bonchev–Trinajstić information content (AvgIpc) is 3.97. The molecule has 0 unspecified atom stereocenters. The van der Waals surface area contributed by atoms with E-state index in [1.807, 2.05) is 86.3 Å². The summed E-state index contributed by atoms with van der Waals surface area (Å²) in [6, 6.07) is 24.3. The molecule has 0 radical (unpaired) electrons. The number of likely N-dealkylation sites (tertiary alicyclic amines) is 2. The van der Waals surface area contributed by atoms with Gasteiger partial charge in [0.15, 0.2) is 0 Å². The molecule has 0 aromatic heterocycles. The van der Waals surface area contributed by atoms with Gasteiger partial charge in [-0.1, -0.05) is 73.9 Å². The number of morpholine rings is 2. The molecule has 4 saturated heterocycles. The van der Waals surface area contributed by atoms with Crippen LogP contribution in [-0.4, -0.2) is 239 Å². The molecule has 0 atom stereocenters. The highest BCUT2D eigenvalue weighted by atomic mass is 16.5. The molecule has 15 nitrogen and oxygen atoms in total. The van der Waals surface area contributed by atoms with Crippen molar-refractivity contribution in [2.45, 2.75) is 81.1 Å². The maximum atomic E-state index is 12.1. The summed E-state index contributed by atoms with van der Waals surface area (Å²) in [5, 5.41) is 0. The van der Waals surface area contributed by atoms with Crippen LogP contribution in [0, 0.1) is 26.7 Å². The number of carbonyl (C=O) groups is 2. The van der Waals surface area contributed by atoms with E-state index in [0.29, 0.717) is 0 Å². The molecule has 4 heterocycles. The van der Waals surface area contributed by atoms with Crippen molar-refractivity contribution in [2.24, 2.45) is 5.92 Å². The number of hydrogen-bond donors (Lipinski definition) is 0. The van der Waals surface area contributed by atoms with Crippen LogP contribution in [0.5, 0.6) is 11.5 Å². The van der Waals surface area contributed by atoms with Crippen molar-refractivity contribution >= 4 is 11.8 Å². The van der Waals surface area contributed by atoms with Gasteiger partial charge in [0.2, 0.25) is 5.91 Å². The van der Waals surface area contributed by atoms with Crippen LogP contribution in [-0.2, 0) is 23.7 Å². The van der Waals surface area contributed by atoms with Crippen LogP contribution >= 0.6 is 0 Å². The van der Waals surface area contributed by atoms with Crippen LogP contribution in [0.15, 0.2) is 72.8 Å². The lowest BCUT2D eigenvalue weighted by atomic mass is 9.98. The number of amides is 2. The molecule has 0 aliphatic carbocycles. The smallest absolute Gasteiger partial charge is 0.253 e. The van der Waals surface area contributed by atoms with Gasteiger partial charge in [0, 0.05) is 112 Å². The normalized spacial score (nSPS) is 16.0. The van der Waals surface area contributed by atoms with E-state index in [1.54, 1.807) is 21.1 Å². The number of hydrogen-bond acceptors (Lipinski definition) is 13. The molecule has 4 fully saturated rings. The van der Waals surface area contributed by atoms with Gasteiger partial charge in [0.25, 0.3) is 5.91 Å². The third-order valence-electron chi connectivity index (χ3n) is 13.9. The fourth-order valence-corrected chi connectivity index (χ4v) is 8.44. The summed E-state index contributed by atoms with van der Waals surface area (Å²) in [4.78, 5) is 38.5. The number of nitrogens with zero attached hydrogens (tertiary/aromatic N) is 7. The van der Waals surface area contributed by atoms with E-state index < -0.39 is 0 Å². The fourth-order valence-electron chi connectivity index (χ4n) is 8.44. The number of rotatable bonds is 21. The summed E-state index contributed by atoms with van der Waals surface area (Å²) in [7, 11) is 7.49. The highest BCUT2D eigenvalue weighted by molar-refractivity contribution is 5.94. The number of piperidine rings is 1. The van der Waals surface area contributed by atoms with E-state index >= 15 is 0 Å². The van der Waals surface area contributed by atoms with Crippen LogP contribution in [0.3, 0.4) is 0 Å². The minimum absolute atomic E-state index is 0.161. The lowest BCUT2D eigenvalue weighted by molar-refractivity contribution is -0.128. The minimum Gasteiger partial charge on any atom is -0.492 e. The molecule has 0 saturated carbocycles. The van der Waals surface area contributed by atoms with Gasteiger partial charge in [-0.15, -0.1) is 0 Å². The summed E-state index contributed by atoms with van der Waals surface area (Å²) in [5.74, 6) is 3.06. The number of ether oxygens (including phenoxy) is 6. The zero-order valence-corrected chi connectivity index (χ0v) is 50.4. The quantitative estimate of drug-likeness (QED) is 0.102. The van der Waals surface area contributed by atoms with Crippen molar-refractivity contribution in [1.82, 2.24) is 34.3 Å². The second kappa shape index (κ2) is 43.7. The Morgan fingerprint density at radius 3 is 1.35 bits per heavy atom. The average molecular weight is 1080 g/mol. The van der Waals surface area contributed by atoms with Gasteiger partial charge < -0.3 is 48.0 Å². The zero-order chi connectivity index (χ0) is 56.5. The van der Waals surface area contributed by atoms with Gasteiger partial charge in [-0.3, -0.25) is 24.3 Å². The lowest BCUT2D eigenvalue weighted by Crippen LogP contribution is -2.38. The highest BCUT2D eigenvalue weighted by Crippen LogP contribution is 2.19. The predicted molar refractivity (Wildman–Crippen MR) is 317 cm³/mol. The van der Waals surface area contributed by atoms with E-state index in [9.17, 15) is 9.59 Å². The van der Waals surface area contributed by atoms with Crippen LogP contribution in [0.2, 0.25) is 0 Å². The summed E-state index contributed by atoms with van der Waals surface area (Å²) < 4.78 is 31.8. The number of methoxy groups -OCH3 is 2. The van der Waals surface area contributed by atoms with Crippen molar-refractivity contribution in [2.75, 3.05) is 192 Å². The van der Waals surface area contributed by atoms with Gasteiger partial charge in [-0.25, -0.2) is 0 Å². The zero-order valence-electron chi connectivity index (χ0n) is 50.4. The first-order chi connectivity index (χ1) is 37.2. The van der Waals surface area contributed by atoms with E-state index in [0.717, 1.165) is 187 Å². The first-order valence-corrected chi connectivity index (χ1v) is 28.9. The van der Waals surface area contributed by atoms with Gasteiger partial charge in [-0.05, 0) is 136 Å². The summed E-state index contributed by atoms with van der Waals surface area (Å²) >= 11 is 0. The minimum atomic E-state index is 0.161. The lowest BCUT2D eigenvalue weighted by Gasteiger charge is -2.30. The first-order valence-electron chi connectivity index (χ1n) is 28.9. The maximum Gasteiger partial charge on any atom is 0.253 e. The topological polar surface area (TPSA) is 112 Å². The van der Waals surface area contributed by atoms with Crippen LogP contribution in [0.25, 0.3) is 0 Å². The summed E-state index contributed by atoms with van der Waals surface area (Å²) in [5.41, 5.74) is 4.56. The SMILES string of the molecule is CCN(CC)CCOC.CCN(CCN(C)C)C(C)=O.COCCN1CCOCC1.Cc1ccc(C(=O)N2CCC(C)CC2)cc1.Cc1ccc(OCCN2CCCC2)cc1.Cc1ccc(OCCN2CCOCC2)cc1.